The molecule has 5 nitrogen and oxygen atoms in total. The van der Waals surface area contributed by atoms with Crippen LogP contribution in [0.15, 0.2) is 65.6 Å². The van der Waals surface area contributed by atoms with Gasteiger partial charge < -0.3 is 19.5 Å². The molecule has 0 aliphatic carbocycles. The number of carboxylic acid groups (broad SMARTS) is 1. The van der Waals surface area contributed by atoms with Gasteiger partial charge >= 0.3 is 5.97 Å². The third-order valence-electron chi connectivity index (χ3n) is 5.45. The first-order chi connectivity index (χ1) is 15.0. The van der Waals surface area contributed by atoms with Gasteiger partial charge in [-0.2, -0.15) is 0 Å². The molecule has 0 radical (unpaired) electrons. The molecule has 2 atom stereocenters. The molecule has 0 fully saturated rings. The highest BCUT2D eigenvalue weighted by atomic mass is 32.2. The number of thioether (sulfide) groups is 1. The molecule has 0 aromatic heterocycles. The molecule has 3 aromatic carbocycles. The van der Waals surface area contributed by atoms with Crippen molar-refractivity contribution in [2.24, 2.45) is 0 Å². The van der Waals surface area contributed by atoms with Crippen LogP contribution in [0, 0.1) is 0 Å². The largest absolute Gasteiger partial charge is 0.479 e. The van der Waals surface area contributed by atoms with Crippen molar-refractivity contribution in [1.82, 2.24) is 0 Å². The van der Waals surface area contributed by atoms with Crippen LogP contribution < -0.4 is 9.64 Å². The molecule has 162 valence electrons. The van der Waals surface area contributed by atoms with Gasteiger partial charge in [0.25, 0.3) is 0 Å². The molecule has 0 saturated heterocycles. The number of fused-ring (bicyclic) bond motifs is 2. The van der Waals surface area contributed by atoms with E-state index in [1.165, 1.54) is 10.6 Å². The summed E-state index contributed by atoms with van der Waals surface area (Å²) < 4.78 is 11.6. The third-order valence-corrected chi connectivity index (χ3v) is 6.49. The molecule has 1 aliphatic heterocycles. The van der Waals surface area contributed by atoms with E-state index in [4.69, 9.17) is 9.47 Å². The van der Waals surface area contributed by atoms with Crippen molar-refractivity contribution >= 4 is 34.2 Å². The maximum Gasteiger partial charge on any atom is 0.333 e. The van der Waals surface area contributed by atoms with E-state index in [1.807, 2.05) is 48.2 Å². The van der Waals surface area contributed by atoms with Crippen LogP contribution >= 0.6 is 11.8 Å². The molecular formula is C25H27NO4S. The van der Waals surface area contributed by atoms with Crippen molar-refractivity contribution in [3.63, 3.8) is 0 Å². The van der Waals surface area contributed by atoms with Gasteiger partial charge in [-0.25, -0.2) is 4.79 Å². The minimum Gasteiger partial charge on any atom is -0.479 e. The number of ether oxygens (including phenoxy) is 2. The first-order valence-electron chi connectivity index (χ1n) is 10.6. The van der Waals surface area contributed by atoms with Crippen LogP contribution in [0.1, 0.15) is 19.4 Å². The average molecular weight is 438 g/mol. The van der Waals surface area contributed by atoms with Crippen molar-refractivity contribution in [3.8, 4) is 5.75 Å². The molecule has 1 aliphatic rings. The summed E-state index contributed by atoms with van der Waals surface area (Å²) in [4.78, 5) is 15.0. The molecule has 6 heteroatoms. The smallest absolute Gasteiger partial charge is 0.333 e. The van der Waals surface area contributed by atoms with Crippen LogP contribution in [0.4, 0.5) is 5.69 Å². The average Bonchev–Trinajstić information content (AvgIpc) is 2.78. The molecule has 0 bridgehead atoms. The first-order valence-corrected chi connectivity index (χ1v) is 11.6. The van der Waals surface area contributed by atoms with E-state index in [1.54, 1.807) is 6.92 Å². The van der Waals surface area contributed by atoms with Gasteiger partial charge in [0.2, 0.25) is 0 Å². The van der Waals surface area contributed by atoms with E-state index < -0.39 is 12.1 Å². The maximum atomic E-state index is 11.4. The van der Waals surface area contributed by atoms with Gasteiger partial charge in [0.1, 0.15) is 5.75 Å². The molecule has 4 rings (SSSR count). The SMILES string of the molecule is CCOC(Cc1ccc2cc(OC(C)N3CCSc4ccccc43)ccc2c1)C(=O)O. The Labute approximate surface area is 187 Å². The second-order valence-corrected chi connectivity index (χ2v) is 8.69. The lowest BCUT2D eigenvalue weighted by atomic mass is 10.0. The number of carboxylic acids is 1. The number of hydrogen-bond acceptors (Lipinski definition) is 5. The minimum absolute atomic E-state index is 0.0821. The summed E-state index contributed by atoms with van der Waals surface area (Å²) in [6.07, 6.45) is -0.557. The molecule has 31 heavy (non-hydrogen) atoms. The Morgan fingerprint density at radius 3 is 2.71 bits per heavy atom. The quantitative estimate of drug-likeness (QED) is 0.522. The standard InChI is InChI=1S/C25H27NO4S/c1-3-29-23(25(27)28)15-18-8-9-20-16-21(11-10-19(20)14-18)30-17(2)26-12-13-31-24-7-5-4-6-22(24)26/h4-11,14,16-17,23H,3,12-13,15H2,1-2H3,(H,27,28). The summed E-state index contributed by atoms with van der Waals surface area (Å²) >= 11 is 1.89. The molecule has 0 saturated carbocycles. The predicted octanol–water partition coefficient (Wildman–Crippen LogP) is 5.21. The molecule has 3 aromatic rings. The lowest BCUT2D eigenvalue weighted by molar-refractivity contribution is -0.149. The van der Waals surface area contributed by atoms with E-state index in [0.29, 0.717) is 13.0 Å². The summed E-state index contributed by atoms with van der Waals surface area (Å²) in [7, 11) is 0. The van der Waals surface area contributed by atoms with Crippen LogP contribution in [0.25, 0.3) is 10.8 Å². The van der Waals surface area contributed by atoms with E-state index in [2.05, 4.69) is 36.1 Å². The highest BCUT2D eigenvalue weighted by molar-refractivity contribution is 7.99. The van der Waals surface area contributed by atoms with E-state index >= 15 is 0 Å². The number of rotatable bonds is 8. The zero-order valence-electron chi connectivity index (χ0n) is 17.8. The Morgan fingerprint density at radius 1 is 1.13 bits per heavy atom. The van der Waals surface area contributed by atoms with E-state index in [0.717, 1.165) is 34.4 Å². The van der Waals surface area contributed by atoms with Crippen LogP contribution in [0.2, 0.25) is 0 Å². The lowest BCUT2D eigenvalue weighted by Gasteiger charge is -2.35. The van der Waals surface area contributed by atoms with Gasteiger partial charge in [-0.15, -0.1) is 11.8 Å². The lowest BCUT2D eigenvalue weighted by Crippen LogP contribution is -2.40. The fourth-order valence-corrected chi connectivity index (χ4v) is 4.95. The highest BCUT2D eigenvalue weighted by Gasteiger charge is 2.23. The molecule has 1 heterocycles. The zero-order chi connectivity index (χ0) is 21.8. The Balaban J connectivity index is 1.49. The maximum absolute atomic E-state index is 11.4. The van der Waals surface area contributed by atoms with Crippen LogP contribution in [0.5, 0.6) is 5.75 Å². The summed E-state index contributed by atoms with van der Waals surface area (Å²) in [5.41, 5.74) is 2.16. The Kier molecular flexibility index (Phi) is 6.68. The predicted molar refractivity (Wildman–Crippen MR) is 125 cm³/mol. The third kappa shape index (κ3) is 4.97. The topological polar surface area (TPSA) is 59.0 Å². The molecule has 0 spiro atoms. The minimum atomic E-state index is -0.933. The zero-order valence-corrected chi connectivity index (χ0v) is 18.6. The van der Waals surface area contributed by atoms with Gasteiger partial charge in [-0.3, -0.25) is 0 Å². The summed E-state index contributed by atoms with van der Waals surface area (Å²) in [6, 6.07) is 20.5. The molecule has 1 N–H and O–H groups in total. The molecule has 0 amide bonds. The number of benzene rings is 3. The Morgan fingerprint density at radius 2 is 1.90 bits per heavy atom. The fourth-order valence-electron chi connectivity index (χ4n) is 3.94. The highest BCUT2D eigenvalue weighted by Crippen LogP contribution is 2.36. The summed E-state index contributed by atoms with van der Waals surface area (Å²) in [5, 5.41) is 11.4. The van der Waals surface area contributed by atoms with Crippen LogP contribution in [0.3, 0.4) is 0 Å². The number of hydrogen-bond donors (Lipinski definition) is 1. The van der Waals surface area contributed by atoms with Gasteiger partial charge in [-0.1, -0.05) is 36.4 Å². The Bertz CT molecular complexity index is 1070. The van der Waals surface area contributed by atoms with Crippen molar-refractivity contribution in [2.45, 2.75) is 37.5 Å². The normalized spacial score (nSPS) is 15.4. The van der Waals surface area contributed by atoms with E-state index in [9.17, 15) is 9.90 Å². The van der Waals surface area contributed by atoms with Gasteiger partial charge in [-0.05, 0) is 54.4 Å². The van der Waals surface area contributed by atoms with Crippen LogP contribution in [-0.4, -0.2) is 42.3 Å². The summed E-state index contributed by atoms with van der Waals surface area (Å²) in [6.45, 7) is 5.22. The van der Waals surface area contributed by atoms with Crippen molar-refractivity contribution in [1.29, 1.82) is 0 Å². The van der Waals surface area contributed by atoms with Gasteiger partial charge in [0.05, 0.1) is 5.69 Å². The monoisotopic (exact) mass is 437 g/mol. The molecular weight excluding hydrogens is 410 g/mol. The number of nitrogens with zero attached hydrogens (tertiary/aromatic N) is 1. The second-order valence-electron chi connectivity index (χ2n) is 7.56. The molecule has 2 unspecified atom stereocenters. The number of aliphatic carboxylic acids is 1. The van der Waals surface area contributed by atoms with Crippen molar-refractivity contribution in [3.05, 3.63) is 66.2 Å². The summed E-state index contributed by atoms with van der Waals surface area (Å²) in [5.74, 6) is 0.933. The fraction of sp³-hybridized carbons (Fsp3) is 0.320. The van der Waals surface area contributed by atoms with Gasteiger partial charge in [0.15, 0.2) is 12.3 Å². The van der Waals surface area contributed by atoms with E-state index in [-0.39, 0.29) is 6.23 Å². The van der Waals surface area contributed by atoms with Crippen molar-refractivity contribution in [2.75, 3.05) is 23.8 Å². The van der Waals surface area contributed by atoms with Gasteiger partial charge in [0, 0.05) is 30.2 Å². The number of para-hydroxylation sites is 1. The van der Waals surface area contributed by atoms with Crippen LogP contribution in [-0.2, 0) is 16.0 Å². The van der Waals surface area contributed by atoms with Crippen molar-refractivity contribution < 1.29 is 19.4 Å². The first kappa shape index (κ1) is 21.5. The second kappa shape index (κ2) is 9.62. The number of carbonyl (C=O) groups is 1. The Hall–Kier alpha value is -2.70. The number of anilines is 1.